The highest BCUT2D eigenvalue weighted by Gasteiger charge is 2.20. The molecule has 0 saturated heterocycles. The average Bonchev–Trinajstić information content (AvgIpc) is 2.98. The molecule has 0 fully saturated rings. The largest absolute Gasteiger partial charge is 0.433 e. The molecule has 0 spiro atoms. The Labute approximate surface area is 114 Å². The first-order chi connectivity index (χ1) is 9.40. The minimum atomic E-state index is -0.689. The van der Waals surface area contributed by atoms with Gasteiger partial charge in [0.25, 0.3) is 5.91 Å². The molecule has 2 aromatic rings. The maximum absolute atomic E-state index is 11.9. The number of aryl methyl sites for hydroxylation is 1. The number of furan rings is 1. The first-order valence-electron chi connectivity index (χ1n) is 5.93. The van der Waals surface area contributed by atoms with Gasteiger partial charge in [-0.25, -0.2) is 0 Å². The highest BCUT2D eigenvalue weighted by Crippen LogP contribution is 2.19. The highest BCUT2D eigenvalue weighted by atomic mass is 16.6. The van der Waals surface area contributed by atoms with Crippen LogP contribution in [0.15, 0.2) is 22.7 Å². The van der Waals surface area contributed by atoms with Gasteiger partial charge in [-0.05, 0) is 19.9 Å². The van der Waals surface area contributed by atoms with Gasteiger partial charge in [0.1, 0.15) is 4.92 Å². The molecule has 0 bridgehead atoms. The van der Waals surface area contributed by atoms with Gasteiger partial charge in [0.05, 0.1) is 18.3 Å². The molecule has 20 heavy (non-hydrogen) atoms. The van der Waals surface area contributed by atoms with Crippen molar-refractivity contribution in [2.45, 2.75) is 19.9 Å². The second-order valence-electron chi connectivity index (χ2n) is 4.40. The number of carbonyl (C=O) groups is 1. The number of rotatable bonds is 4. The molecule has 1 atom stereocenters. The van der Waals surface area contributed by atoms with Crippen LogP contribution in [0, 0.1) is 17.0 Å². The summed E-state index contributed by atoms with van der Waals surface area (Å²) in [6, 6.07) is 2.14. The SMILES string of the molecule is Cc1c(C(C)NC(=O)c2ccc([N+](=O)[O-])o2)cnn1C. The van der Waals surface area contributed by atoms with Gasteiger partial charge in [-0.1, -0.05) is 0 Å². The summed E-state index contributed by atoms with van der Waals surface area (Å²) in [7, 11) is 1.81. The second kappa shape index (κ2) is 5.16. The lowest BCUT2D eigenvalue weighted by molar-refractivity contribution is -0.402. The third-order valence-electron chi connectivity index (χ3n) is 3.08. The van der Waals surface area contributed by atoms with E-state index in [-0.39, 0.29) is 11.8 Å². The van der Waals surface area contributed by atoms with Crippen molar-refractivity contribution in [1.82, 2.24) is 15.1 Å². The van der Waals surface area contributed by atoms with Crippen LogP contribution in [-0.2, 0) is 7.05 Å². The van der Waals surface area contributed by atoms with Crippen LogP contribution < -0.4 is 5.32 Å². The van der Waals surface area contributed by atoms with E-state index in [0.717, 1.165) is 17.3 Å². The first-order valence-corrected chi connectivity index (χ1v) is 5.93. The van der Waals surface area contributed by atoms with E-state index in [9.17, 15) is 14.9 Å². The fraction of sp³-hybridized carbons (Fsp3) is 0.333. The fourth-order valence-electron chi connectivity index (χ4n) is 1.83. The Balaban J connectivity index is 2.10. The van der Waals surface area contributed by atoms with Gasteiger partial charge in [0.15, 0.2) is 5.76 Å². The van der Waals surface area contributed by atoms with Gasteiger partial charge in [-0.2, -0.15) is 5.10 Å². The van der Waals surface area contributed by atoms with Gasteiger partial charge < -0.3 is 9.73 Å². The standard InChI is InChI=1S/C12H14N4O4/c1-7(9-6-13-15(3)8(9)2)14-12(17)10-4-5-11(20-10)16(18)19/h4-7H,1-3H3,(H,14,17). The number of amides is 1. The van der Waals surface area contributed by atoms with E-state index >= 15 is 0 Å². The molecule has 1 N–H and O–H groups in total. The zero-order valence-electron chi connectivity index (χ0n) is 11.3. The summed E-state index contributed by atoms with van der Waals surface area (Å²) >= 11 is 0. The molecule has 1 unspecified atom stereocenters. The zero-order chi connectivity index (χ0) is 14.9. The first kappa shape index (κ1) is 13.8. The number of hydrogen-bond acceptors (Lipinski definition) is 5. The predicted molar refractivity (Wildman–Crippen MR) is 69.2 cm³/mol. The molecule has 0 aliphatic heterocycles. The highest BCUT2D eigenvalue weighted by molar-refractivity contribution is 5.91. The van der Waals surface area contributed by atoms with E-state index < -0.39 is 16.7 Å². The summed E-state index contributed by atoms with van der Waals surface area (Å²) in [6.45, 7) is 3.70. The molecule has 0 aromatic carbocycles. The molecule has 106 valence electrons. The number of nitrogens with zero attached hydrogens (tertiary/aromatic N) is 3. The number of nitro groups is 1. The van der Waals surface area contributed by atoms with E-state index in [1.54, 1.807) is 17.8 Å². The van der Waals surface area contributed by atoms with E-state index in [0.29, 0.717) is 0 Å². The smallest absolute Gasteiger partial charge is 0.395 e. The van der Waals surface area contributed by atoms with Crippen molar-refractivity contribution in [3.63, 3.8) is 0 Å². The minimum absolute atomic E-state index is 0.0925. The summed E-state index contributed by atoms with van der Waals surface area (Å²) < 4.78 is 6.55. The van der Waals surface area contributed by atoms with Crippen molar-refractivity contribution in [3.05, 3.63) is 45.5 Å². The molecule has 8 nitrogen and oxygen atoms in total. The van der Waals surface area contributed by atoms with Crippen molar-refractivity contribution in [3.8, 4) is 0 Å². The van der Waals surface area contributed by atoms with Crippen LogP contribution in [0.1, 0.15) is 34.8 Å². The van der Waals surface area contributed by atoms with Crippen molar-refractivity contribution in [1.29, 1.82) is 0 Å². The van der Waals surface area contributed by atoms with Crippen LogP contribution in [0.2, 0.25) is 0 Å². The van der Waals surface area contributed by atoms with Crippen LogP contribution in [0.3, 0.4) is 0 Å². The topological polar surface area (TPSA) is 103 Å². The molecule has 2 aromatic heterocycles. The van der Waals surface area contributed by atoms with E-state index in [1.807, 2.05) is 14.0 Å². The Bertz CT molecular complexity index is 658. The lowest BCUT2D eigenvalue weighted by atomic mass is 10.1. The number of carbonyl (C=O) groups excluding carboxylic acids is 1. The van der Waals surface area contributed by atoms with Crippen LogP contribution >= 0.6 is 0 Å². The van der Waals surface area contributed by atoms with Crippen molar-refractivity contribution in [2.24, 2.45) is 7.05 Å². The lowest BCUT2D eigenvalue weighted by Crippen LogP contribution is -2.26. The normalized spacial score (nSPS) is 12.2. The summed E-state index contributed by atoms with van der Waals surface area (Å²) in [5.74, 6) is -1.06. The number of hydrogen-bond donors (Lipinski definition) is 1. The molecule has 2 rings (SSSR count). The Kier molecular flexibility index (Phi) is 3.55. The Hall–Kier alpha value is -2.64. The molecule has 0 saturated carbocycles. The molecular formula is C12H14N4O4. The molecular weight excluding hydrogens is 264 g/mol. The minimum Gasteiger partial charge on any atom is -0.395 e. The molecule has 0 radical (unpaired) electrons. The molecule has 0 aliphatic carbocycles. The van der Waals surface area contributed by atoms with Gasteiger partial charge in [0.2, 0.25) is 0 Å². The quantitative estimate of drug-likeness (QED) is 0.677. The third-order valence-corrected chi connectivity index (χ3v) is 3.08. The summed E-state index contributed by atoms with van der Waals surface area (Å²) in [5, 5.41) is 17.3. The van der Waals surface area contributed by atoms with Crippen molar-refractivity contribution < 1.29 is 14.1 Å². The van der Waals surface area contributed by atoms with Crippen LogP contribution in [-0.4, -0.2) is 20.6 Å². The van der Waals surface area contributed by atoms with E-state index in [2.05, 4.69) is 10.4 Å². The summed E-state index contributed by atoms with van der Waals surface area (Å²) in [5.41, 5.74) is 1.81. The molecule has 0 aliphatic rings. The van der Waals surface area contributed by atoms with E-state index in [1.165, 1.54) is 6.07 Å². The van der Waals surface area contributed by atoms with Gasteiger partial charge in [-0.3, -0.25) is 19.6 Å². The summed E-state index contributed by atoms with van der Waals surface area (Å²) in [4.78, 5) is 21.7. The lowest BCUT2D eigenvalue weighted by Gasteiger charge is -2.12. The van der Waals surface area contributed by atoms with Gasteiger partial charge in [0, 0.05) is 18.3 Å². The monoisotopic (exact) mass is 278 g/mol. The third kappa shape index (κ3) is 2.53. The zero-order valence-corrected chi connectivity index (χ0v) is 11.3. The van der Waals surface area contributed by atoms with Gasteiger partial charge in [-0.15, -0.1) is 0 Å². The van der Waals surface area contributed by atoms with Crippen LogP contribution in [0.25, 0.3) is 0 Å². The maximum Gasteiger partial charge on any atom is 0.433 e. The molecule has 2 heterocycles. The fourth-order valence-corrected chi connectivity index (χ4v) is 1.83. The molecule has 8 heteroatoms. The van der Waals surface area contributed by atoms with Crippen LogP contribution in [0.5, 0.6) is 0 Å². The predicted octanol–water partition coefficient (Wildman–Crippen LogP) is 1.72. The van der Waals surface area contributed by atoms with E-state index in [4.69, 9.17) is 4.42 Å². The Morgan fingerprint density at radius 1 is 1.55 bits per heavy atom. The van der Waals surface area contributed by atoms with Crippen LogP contribution in [0.4, 0.5) is 5.88 Å². The van der Waals surface area contributed by atoms with Crippen molar-refractivity contribution >= 4 is 11.8 Å². The Morgan fingerprint density at radius 3 is 2.75 bits per heavy atom. The van der Waals surface area contributed by atoms with Crippen molar-refractivity contribution in [2.75, 3.05) is 0 Å². The maximum atomic E-state index is 11.9. The average molecular weight is 278 g/mol. The summed E-state index contributed by atoms with van der Waals surface area (Å²) in [6.07, 6.45) is 1.67. The second-order valence-corrected chi connectivity index (χ2v) is 4.40. The number of aromatic nitrogens is 2. The van der Waals surface area contributed by atoms with Gasteiger partial charge >= 0.3 is 5.88 Å². The number of nitrogens with one attached hydrogen (secondary N) is 1. The molecule has 1 amide bonds. The Morgan fingerprint density at radius 2 is 2.25 bits per heavy atom.